The number of nitrogens with one attached hydrogen (secondary N) is 2. The second kappa shape index (κ2) is 5.03. The average Bonchev–Trinajstić information content (AvgIpc) is 2.21. The Morgan fingerprint density at radius 2 is 2.43 bits per heavy atom. The van der Waals surface area contributed by atoms with E-state index >= 15 is 0 Å². The Hall–Kier alpha value is -1.82. The van der Waals surface area contributed by atoms with Gasteiger partial charge >= 0.3 is 0 Å². The molecule has 14 heavy (non-hydrogen) atoms. The fraction of sp³-hybridized carbons (Fsp3) is 0.250. The van der Waals surface area contributed by atoms with E-state index in [1.165, 1.54) is 0 Å². The highest BCUT2D eigenvalue weighted by Gasteiger charge is 2.03. The maximum atomic E-state index is 8.72. The van der Waals surface area contributed by atoms with Gasteiger partial charge in [0.05, 0.1) is 0 Å². The monoisotopic (exact) mass is 193 g/mol. The number of rotatable bonds is 5. The number of hydrogen-bond donors (Lipinski definition) is 3. The topological polar surface area (TPSA) is 96.4 Å². The van der Waals surface area contributed by atoms with Gasteiger partial charge in [0.15, 0.2) is 5.82 Å². The van der Waals surface area contributed by atoms with Gasteiger partial charge in [-0.1, -0.05) is 5.22 Å². The highest BCUT2D eigenvalue weighted by atomic mass is 16.2. The van der Waals surface area contributed by atoms with Crippen molar-refractivity contribution in [1.82, 2.24) is 4.98 Å². The minimum absolute atomic E-state index is 0.0616. The van der Waals surface area contributed by atoms with Crippen LogP contribution in [0.4, 0.5) is 5.82 Å². The molecule has 6 heteroatoms. The molecular weight excluding hydrogens is 182 g/mol. The predicted molar refractivity (Wildman–Crippen MR) is 51.4 cm³/mol. The van der Waals surface area contributed by atoms with Crippen LogP contribution in [0.1, 0.15) is 5.56 Å². The van der Waals surface area contributed by atoms with Crippen LogP contribution in [0.15, 0.2) is 23.6 Å². The first-order valence-corrected chi connectivity index (χ1v) is 4.05. The quantitative estimate of drug-likeness (QED) is 0.281. The van der Waals surface area contributed by atoms with Crippen molar-refractivity contribution in [2.75, 3.05) is 11.6 Å². The lowest BCUT2D eigenvalue weighted by atomic mass is 10.2. The lowest BCUT2D eigenvalue weighted by Crippen LogP contribution is -2.13. The van der Waals surface area contributed by atoms with E-state index in [2.05, 4.69) is 10.2 Å². The van der Waals surface area contributed by atoms with Gasteiger partial charge in [0, 0.05) is 12.8 Å². The molecule has 0 aliphatic rings. The fourth-order valence-corrected chi connectivity index (χ4v) is 1.02. The summed E-state index contributed by atoms with van der Waals surface area (Å²) in [6, 6.07) is 3.45. The molecule has 1 aromatic heterocycles. The minimum atomic E-state index is 0.0616. The number of aromatic nitrogens is 1. The Morgan fingerprint density at radius 3 is 3.00 bits per heavy atom. The first-order valence-electron chi connectivity index (χ1n) is 4.05. The van der Waals surface area contributed by atoms with Gasteiger partial charge in [-0.2, -0.15) is 10.5 Å². The fourth-order valence-electron chi connectivity index (χ4n) is 1.02. The highest BCUT2D eigenvalue weighted by molar-refractivity contribution is 5.73. The molecule has 0 radical (unpaired) electrons. The average molecular weight is 193 g/mol. The zero-order valence-corrected chi connectivity index (χ0v) is 7.51. The molecule has 0 amide bonds. The van der Waals surface area contributed by atoms with Gasteiger partial charge < -0.3 is 5.11 Å². The molecule has 0 saturated heterocycles. The SMILES string of the molecule is N=CN(N=N)c1cc(CCO)ccn1. The smallest absolute Gasteiger partial charge is 0.157 e. The number of nitrogens with zero attached hydrogens (tertiary/aromatic N) is 3. The van der Waals surface area contributed by atoms with Gasteiger partial charge in [-0.3, -0.25) is 5.41 Å². The van der Waals surface area contributed by atoms with Gasteiger partial charge in [0.2, 0.25) is 0 Å². The second-order valence-corrected chi connectivity index (χ2v) is 2.57. The lowest BCUT2D eigenvalue weighted by molar-refractivity contribution is 0.299. The van der Waals surface area contributed by atoms with Crippen LogP contribution >= 0.6 is 0 Å². The molecule has 0 aromatic carbocycles. The molecule has 1 aromatic rings. The van der Waals surface area contributed by atoms with Crippen molar-refractivity contribution in [1.29, 1.82) is 10.9 Å². The number of pyridine rings is 1. The summed E-state index contributed by atoms with van der Waals surface area (Å²) in [6.45, 7) is 0.0616. The Kier molecular flexibility index (Phi) is 3.69. The third-order valence-corrected chi connectivity index (χ3v) is 1.68. The van der Waals surface area contributed by atoms with Crippen molar-refractivity contribution in [3.63, 3.8) is 0 Å². The Labute approximate surface area is 81.2 Å². The molecule has 0 fully saturated rings. The van der Waals surface area contributed by atoms with E-state index in [0.717, 1.165) is 16.9 Å². The summed E-state index contributed by atoms with van der Waals surface area (Å²) in [5.41, 5.74) is 7.68. The normalized spacial score (nSPS) is 9.50. The molecule has 3 N–H and O–H groups in total. The molecule has 1 rings (SSSR count). The van der Waals surface area contributed by atoms with E-state index in [1.807, 2.05) is 0 Å². The molecule has 0 unspecified atom stereocenters. The predicted octanol–water partition coefficient (Wildman–Crippen LogP) is 0.976. The van der Waals surface area contributed by atoms with Crippen LogP contribution in [0.25, 0.3) is 0 Å². The molecule has 0 spiro atoms. The number of aliphatic hydroxyl groups is 1. The van der Waals surface area contributed by atoms with Crippen LogP contribution < -0.4 is 5.01 Å². The Balaban J connectivity index is 2.91. The van der Waals surface area contributed by atoms with Crippen LogP contribution in [-0.4, -0.2) is 23.0 Å². The molecule has 6 nitrogen and oxygen atoms in total. The van der Waals surface area contributed by atoms with Crippen LogP contribution in [0.2, 0.25) is 0 Å². The molecule has 0 atom stereocenters. The summed E-state index contributed by atoms with van der Waals surface area (Å²) in [6.07, 6.45) is 2.99. The van der Waals surface area contributed by atoms with Gasteiger partial charge in [-0.15, -0.1) is 0 Å². The number of anilines is 1. The second-order valence-electron chi connectivity index (χ2n) is 2.57. The summed E-state index contributed by atoms with van der Waals surface area (Å²) in [4.78, 5) is 3.94. The first-order chi connectivity index (χ1) is 6.81. The van der Waals surface area contributed by atoms with Crippen molar-refractivity contribution in [2.45, 2.75) is 6.42 Å². The zero-order valence-electron chi connectivity index (χ0n) is 7.51. The molecule has 0 aliphatic carbocycles. The van der Waals surface area contributed by atoms with Crippen molar-refractivity contribution in [2.24, 2.45) is 5.22 Å². The van der Waals surface area contributed by atoms with Crippen LogP contribution in [0.5, 0.6) is 0 Å². The molecule has 0 aliphatic heterocycles. The van der Waals surface area contributed by atoms with Gasteiger partial charge in [-0.25, -0.2) is 4.98 Å². The lowest BCUT2D eigenvalue weighted by Gasteiger charge is -2.09. The van der Waals surface area contributed by atoms with Crippen LogP contribution in [0, 0.1) is 10.9 Å². The van der Waals surface area contributed by atoms with Crippen molar-refractivity contribution in [3.05, 3.63) is 23.9 Å². The van der Waals surface area contributed by atoms with Crippen molar-refractivity contribution in [3.8, 4) is 0 Å². The van der Waals surface area contributed by atoms with E-state index in [1.54, 1.807) is 18.3 Å². The van der Waals surface area contributed by atoms with Crippen LogP contribution in [0.3, 0.4) is 0 Å². The van der Waals surface area contributed by atoms with Gasteiger partial charge in [0.1, 0.15) is 6.34 Å². The molecular formula is C8H11N5O. The van der Waals surface area contributed by atoms with E-state index in [4.69, 9.17) is 16.0 Å². The first kappa shape index (κ1) is 10.3. The van der Waals surface area contributed by atoms with E-state index < -0.39 is 0 Å². The summed E-state index contributed by atoms with van der Waals surface area (Å²) in [5, 5.41) is 19.8. The van der Waals surface area contributed by atoms with Crippen molar-refractivity contribution < 1.29 is 5.11 Å². The van der Waals surface area contributed by atoms with Gasteiger partial charge in [-0.05, 0) is 24.1 Å². The third-order valence-electron chi connectivity index (χ3n) is 1.68. The summed E-state index contributed by atoms with van der Waals surface area (Å²) in [7, 11) is 0. The molecule has 0 saturated carbocycles. The Bertz CT molecular complexity index is 319. The molecule has 0 bridgehead atoms. The summed E-state index contributed by atoms with van der Waals surface area (Å²) < 4.78 is 0. The third kappa shape index (κ3) is 2.33. The molecule has 1 heterocycles. The van der Waals surface area contributed by atoms with Crippen LogP contribution in [-0.2, 0) is 6.42 Å². The minimum Gasteiger partial charge on any atom is -0.396 e. The maximum Gasteiger partial charge on any atom is 0.157 e. The summed E-state index contributed by atoms with van der Waals surface area (Å²) >= 11 is 0. The largest absolute Gasteiger partial charge is 0.396 e. The standard InChI is InChI=1S/C8H11N5O/c9-6-13(12-10)8-5-7(2-4-14)1-3-11-8/h1,3,5-6,9-10,14H,2,4H2. The highest BCUT2D eigenvalue weighted by Crippen LogP contribution is 2.11. The summed E-state index contributed by atoms with van der Waals surface area (Å²) in [5.74, 6) is 0.404. The zero-order chi connectivity index (χ0) is 10.4. The number of aliphatic hydroxyl groups excluding tert-OH is 1. The number of hydrogen-bond acceptors (Lipinski definition) is 5. The Morgan fingerprint density at radius 1 is 1.64 bits per heavy atom. The maximum absolute atomic E-state index is 8.72. The van der Waals surface area contributed by atoms with Gasteiger partial charge in [0.25, 0.3) is 0 Å². The molecule has 74 valence electrons. The van der Waals surface area contributed by atoms with E-state index in [0.29, 0.717) is 12.2 Å². The van der Waals surface area contributed by atoms with Crippen molar-refractivity contribution >= 4 is 12.2 Å². The van der Waals surface area contributed by atoms with E-state index in [-0.39, 0.29) is 6.61 Å². The van der Waals surface area contributed by atoms with E-state index in [9.17, 15) is 0 Å².